The van der Waals surface area contributed by atoms with E-state index in [1.165, 1.54) is 12.3 Å². The van der Waals surface area contributed by atoms with Crippen LogP contribution in [0.3, 0.4) is 0 Å². The number of ether oxygens (including phenoxy) is 1. The molecule has 0 radical (unpaired) electrons. The molecule has 21 heavy (non-hydrogen) atoms. The van der Waals surface area contributed by atoms with Crippen LogP contribution in [0, 0.1) is 6.92 Å². The fourth-order valence-electron chi connectivity index (χ4n) is 1.65. The SMILES string of the molecule is Cc1ccnc(NC(=O)c2cnc(OC(C)C)c(Cl)c2)c1. The fourth-order valence-corrected chi connectivity index (χ4v) is 1.86. The number of pyridine rings is 2. The van der Waals surface area contributed by atoms with Gasteiger partial charge < -0.3 is 10.1 Å². The highest BCUT2D eigenvalue weighted by molar-refractivity contribution is 6.32. The molecule has 0 saturated carbocycles. The number of nitrogens with zero attached hydrogens (tertiary/aromatic N) is 2. The van der Waals surface area contributed by atoms with Gasteiger partial charge in [-0.15, -0.1) is 0 Å². The zero-order valence-corrected chi connectivity index (χ0v) is 12.8. The molecule has 0 atom stereocenters. The molecule has 0 unspecified atom stereocenters. The first-order valence-electron chi connectivity index (χ1n) is 6.52. The number of rotatable bonds is 4. The van der Waals surface area contributed by atoms with Crippen molar-refractivity contribution in [3.05, 3.63) is 46.7 Å². The number of halogens is 1. The molecular formula is C15H16ClN3O2. The average molecular weight is 306 g/mol. The van der Waals surface area contributed by atoms with Crippen molar-refractivity contribution in [3.8, 4) is 5.88 Å². The summed E-state index contributed by atoms with van der Waals surface area (Å²) in [5.74, 6) is 0.481. The van der Waals surface area contributed by atoms with Crippen LogP contribution in [0.4, 0.5) is 5.82 Å². The second kappa shape index (κ2) is 6.54. The number of carbonyl (C=O) groups is 1. The smallest absolute Gasteiger partial charge is 0.258 e. The van der Waals surface area contributed by atoms with Crippen LogP contribution < -0.4 is 10.1 Å². The van der Waals surface area contributed by atoms with Crippen LogP contribution in [-0.4, -0.2) is 22.0 Å². The highest BCUT2D eigenvalue weighted by atomic mass is 35.5. The van der Waals surface area contributed by atoms with Crippen molar-refractivity contribution in [3.63, 3.8) is 0 Å². The Hall–Kier alpha value is -2.14. The number of aromatic nitrogens is 2. The first kappa shape index (κ1) is 15.3. The molecule has 0 aromatic carbocycles. The minimum Gasteiger partial charge on any atom is -0.474 e. The van der Waals surface area contributed by atoms with Crippen molar-refractivity contribution in [2.45, 2.75) is 26.9 Å². The molecule has 0 aliphatic heterocycles. The lowest BCUT2D eigenvalue weighted by Gasteiger charge is -2.11. The second-order valence-corrected chi connectivity index (χ2v) is 5.26. The van der Waals surface area contributed by atoms with E-state index >= 15 is 0 Å². The fraction of sp³-hybridized carbons (Fsp3) is 0.267. The molecule has 110 valence electrons. The van der Waals surface area contributed by atoms with Gasteiger partial charge in [-0.1, -0.05) is 11.6 Å². The zero-order valence-electron chi connectivity index (χ0n) is 12.1. The van der Waals surface area contributed by atoms with Gasteiger partial charge in [0.1, 0.15) is 10.8 Å². The van der Waals surface area contributed by atoms with Gasteiger partial charge in [-0.2, -0.15) is 0 Å². The summed E-state index contributed by atoms with van der Waals surface area (Å²) in [6.45, 7) is 5.68. The van der Waals surface area contributed by atoms with Gasteiger partial charge in [-0.3, -0.25) is 4.79 Å². The average Bonchev–Trinajstić information content (AvgIpc) is 2.40. The number of nitrogens with one attached hydrogen (secondary N) is 1. The summed E-state index contributed by atoms with van der Waals surface area (Å²) < 4.78 is 5.43. The maximum atomic E-state index is 12.1. The Morgan fingerprint density at radius 2 is 2.10 bits per heavy atom. The van der Waals surface area contributed by atoms with Gasteiger partial charge in [-0.25, -0.2) is 9.97 Å². The molecule has 0 bridgehead atoms. The number of carbonyl (C=O) groups excluding carboxylic acids is 1. The van der Waals surface area contributed by atoms with Crippen molar-refractivity contribution in [2.75, 3.05) is 5.32 Å². The van der Waals surface area contributed by atoms with Crippen molar-refractivity contribution >= 4 is 23.3 Å². The van der Waals surface area contributed by atoms with Crippen LogP contribution in [-0.2, 0) is 0 Å². The predicted octanol–water partition coefficient (Wildman–Crippen LogP) is 3.48. The minimum atomic E-state index is -0.321. The topological polar surface area (TPSA) is 64.1 Å². The predicted molar refractivity (Wildman–Crippen MR) is 81.9 cm³/mol. The number of anilines is 1. The van der Waals surface area contributed by atoms with Crippen LogP contribution in [0.2, 0.25) is 5.02 Å². The van der Waals surface area contributed by atoms with Gasteiger partial charge in [0, 0.05) is 12.4 Å². The van der Waals surface area contributed by atoms with E-state index < -0.39 is 0 Å². The largest absolute Gasteiger partial charge is 0.474 e. The molecule has 5 nitrogen and oxygen atoms in total. The molecule has 1 amide bonds. The molecular weight excluding hydrogens is 290 g/mol. The zero-order chi connectivity index (χ0) is 15.4. The van der Waals surface area contributed by atoms with Gasteiger partial charge in [0.25, 0.3) is 5.91 Å². The molecule has 1 N–H and O–H groups in total. The molecule has 0 aliphatic rings. The van der Waals surface area contributed by atoms with E-state index in [2.05, 4.69) is 15.3 Å². The normalized spacial score (nSPS) is 10.5. The third-order valence-corrected chi connectivity index (χ3v) is 2.84. The Balaban J connectivity index is 2.14. The summed E-state index contributed by atoms with van der Waals surface area (Å²) >= 11 is 6.06. The van der Waals surface area contributed by atoms with E-state index in [0.29, 0.717) is 22.3 Å². The Morgan fingerprint density at radius 1 is 1.33 bits per heavy atom. The Labute approximate surface area is 128 Å². The van der Waals surface area contributed by atoms with Gasteiger partial charge in [0.05, 0.1) is 11.7 Å². The van der Waals surface area contributed by atoms with Gasteiger partial charge >= 0.3 is 0 Å². The Bertz CT molecular complexity index is 659. The van der Waals surface area contributed by atoms with E-state index in [-0.39, 0.29) is 12.0 Å². The Morgan fingerprint density at radius 3 is 2.71 bits per heavy atom. The summed E-state index contributed by atoms with van der Waals surface area (Å²) in [6.07, 6.45) is 3.02. The van der Waals surface area contributed by atoms with Gasteiger partial charge in [0.2, 0.25) is 5.88 Å². The molecule has 0 spiro atoms. The molecule has 6 heteroatoms. The Kier molecular flexibility index (Phi) is 4.75. The highest BCUT2D eigenvalue weighted by Crippen LogP contribution is 2.23. The van der Waals surface area contributed by atoms with Gasteiger partial charge in [0.15, 0.2) is 0 Å². The van der Waals surface area contributed by atoms with E-state index in [0.717, 1.165) is 5.56 Å². The van der Waals surface area contributed by atoms with Crippen LogP contribution in [0.1, 0.15) is 29.8 Å². The molecule has 2 aromatic heterocycles. The van der Waals surface area contributed by atoms with Crippen molar-refractivity contribution in [2.24, 2.45) is 0 Å². The van der Waals surface area contributed by atoms with Crippen LogP contribution in [0.15, 0.2) is 30.6 Å². The number of hydrogen-bond donors (Lipinski definition) is 1. The van der Waals surface area contributed by atoms with E-state index in [1.54, 1.807) is 12.3 Å². The van der Waals surface area contributed by atoms with E-state index in [1.807, 2.05) is 26.8 Å². The van der Waals surface area contributed by atoms with Crippen LogP contribution in [0.5, 0.6) is 5.88 Å². The van der Waals surface area contributed by atoms with Crippen LogP contribution >= 0.6 is 11.6 Å². The molecule has 0 fully saturated rings. The monoisotopic (exact) mass is 305 g/mol. The molecule has 2 aromatic rings. The molecule has 0 aliphatic carbocycles. The molecule has 2 rings (SSSR count). The molecule has 0 saturated heterocycles. The third-order valence-electron chi connectivity index (χ3n) is 2.57. The second-order valence-electron chi connectivity index (χ2n) is 4.85. The number of amides is 1. The number of hydrogen-bond acceptors (Lipinski definition) is 4. The lowest BCUT2D eigenvalue weighted by molar-refractivity contribution is 0.102. The summed E-state index contributed by atoms with van der Waals surface area (Å²) in [4.78, 5) is 20.3. The summed E-state index contributed by atoms with van der Waals surface area (Å²) in [7, 11) is 0. The van der Waals surface area contributed by atoms with Gasteiger partial charge in [-0.05, 0) is 44.5 Å². The maximum absolute atomic E-state index is 12.1. The maximum Gasteiger partial charge on any atom is 0.258 e. The third kappa shape index (κ3) is 4.16. The van der Waals surface area contributed by atoms with Crippen molar-refractivity contribution in [1.82, 2.24) is 9.97 Å². The summed E-state index contributed by atoms with van der Waals surface area (Å²) in [5, 5.41) is 3.00. The van der Waals surface area contributed by atoms with E-state index in [4.69, 9.17) is 16.3 Å². The highest BCUT2D eigenvalue weighted by Gasteiger charge is 2.12. The summed E-state index contributed by atoms with van der Waals surface area (Å²) in [5.41, 5.74) is 1.36. The lowest BCUT2D eigenvalue weighted by Crippen LogP contribution is -2.14. The number of aryl methyl sites for hydroxylation is 1. The van der Waals surface area contributed by atoms with Crippen molar-refractivity contribution < 1.29 is 9.53 Å². The quantitative estimate of drug-likeness (QED) is 0.939. The summed E-state index contributed by atoms with van der Waals surface area (Å²) in [6, 6.07) is 5.16. The molecule has 2 heterocycles. The standard InChI is InChI=1S/C15H16ClN3O2/c1-9(2)21-15-12(16)7-11(8-18-15)14(20)19-13-6-10(3)4-5-17-13/h4-9H,1-3H3,(H,17,19,20). The van der Waals surface area contributed by atoms with Crippen LogP contribution in [0.25, 0.3) is 0 Å². The first-order chi connectivity index (χ1) is 9.95. The lowest BCUT2D eigenvalue weighted by atomic mass is 10.2. The first-order valence-corrected chi connectivity index (χ1v) is 6.89. The van der Waals surface area contributed by atoms with E-state index in [9.17, 15) is 4.79 Å². The van der Waals surface area contributed by atoms with Crippen molar-refractivity contribution in [1.29, 1.82) is 0 Å². The minimum absolute atomic E-state index is 0.0360.